The molecule has 3 N–H and O–H groups in total. The molecule has 3 heterocycles. The maximum Gasteiger partial charge on any atom is 0.252 e. The molecule has 35 heavy (non-hydrogen) atoms. The minimum atomic E-state index is -0.336. The highest BCUT2D eigenvalue weighted by atomic mass is 16.2. The standard InChI is InChI=1S/C27H20N6O2/c1-15(34)30-23-13-16(9-12-29-23)27(35)33-25-18-6-3-2-5-17(18)24-19(25)7-4-8-20(24)26-31-21-10-11-28-14-22(21)32-26/h2-14,25H,1H3,(H,31,32)(H,33,35)(H,29,30,34). The second kappa shape index (κ2) is 8.18. The molecule has 0 saturated carbocycles. The molecule has 1 aliphatic carbocycles. The number of anilines is 1. The van der Waals surface area contributed by atoms with Gasteiger partial charge in [0.2, 0.25) is 5.91 Å². The summed E-state index contributed by atoms with van der Waals surface area (Å²) in [5, 5.41) is 5.79. The Bertz CT molecular complexity index is 1590. The number of fused-ring (bicyclic) bond motifs is 4. The Morgan fingerprint density at radius 2 is 1.77 bits per heavy atom. The fourth-order valence-corrected chi connectivity index (χ4v) is 4.63. The minimum Gasteiger partial charge on any atom is -0.341 e. The minimum absolute atomic E-state index is 0.248. The van der Waals surface area contributed by atoms with E-state index in [2.05, 4.69) is 31.7 Å². The predicted molar refractivity (Wildman–Crippen MR) is 133 cm³/mol. The maximum absolute atomic E-state index is 13.3. The van der Waals surface area contributed by atoms with E-state index >= 15 is 0 Å². The maximum atomic E-state index is 13.3. The number of rotatable bonds is 4. The van der Waals surface area contributed by atoms with Gasteiger partial charge in [-0.2, -0.15) is 0 Å². The molecule has 0 fully saturated rings. The Morgan fingerprint density at radius 1 is 0.943 bits per heavy atom. The van der Waals surface area contributed by atoms with Gasteiger partial charge in [-0.1, -0.05) is 42.5 Å². The van der Waals surface area contributed by atoms with Gasteiger partial charge in [0.05, 0.1) is 23.3 Å². The average molecular weight is 460 g/mol. The summed E-state index contributed by atoms with van der Waals surface area (Å²) in [6, 6.07) is 18.8. The Morgan fingerprint density at radius 3 is 2.63 bits per heavy atom. The summed E-state index contributed by atoms with van der Waals surface area (Å²) in [7, 11) is 0. The average Bonchev–Trinajstić information content (AvgIpc) is 3.44. The van der Waals surface area contributed by atoms with Gasteiger partial charge in [0, 0.05) is 30.4 Å². The van der Waals surface area contributed by atoms with Crippen molar-refractivity contribution in [1.82, 2.24) is 25.3 Å². The van der Waals surface area contributed by atoms with Crippen molar-refractivity contribution in [2.45, 2.75) is 13.0 Å². The van der Waals surface area contributed by atoms with Gasteiger partial charge in [0.25, 0.3) is 5.91 Å². The number of aromatic amines is 1. The van der Waals surface area contributed by atoms with Gasteiger partial charge >= 0.3 is 0 Å². The molecule has 0 spiro atoms. The van der Waals surface area contributed by atoms with Crippen molar-refractivity contribution >= 4 is 28.7 Å². The van der Waals surface area contributed by atoms with Crippen LogP contribution in [0.2, 0.25) is 0 Å². The summed E-state index contributed by atoms with van der Waals surface area (Å²) in [6.07, 6.45) is 4.99. The summed E-state index contributed by atoms with van der Waals surface area (Å²) < 4.78 is 0. The molecule has 1 aliphatic rings. The number of carbonyl (C=O) groups excluding carboxylic acids is 2. The molecule has 8 heteroatoms. The third kappa shape index (κ3) is 3.61. The summed E-state index contributed by atoms with van der Waals surface area (Å²) in [4.78, 5) is 41.1. The smallest absolute Gasteiger partial charge is 0.252 e. The molecule has 3 aromatic heterocycles. The van der Waals surface area contributed by atoms with Crippen LogP contribution in [0.4, 0.5) is 5.82 Å². The number of nitrogens with one attached hydrogen (secondary N) is 3. The summed E-state index contributed by atoms with van der Waals surface area (Å²) in [5.41, 5.74) is 7.17. The van der Waals surface area contributed by atoms with E-state index in [9.17, 15) is 9.59 Å². The second-order valence-corrected chi connectivity index (χ2v) is 8.35. The number of imidazole rings is 1. The van der Waals surface area contributed by atoms with Crippen LogP contribution in [0.3, 0.4) is 0 Å². The second-order valence-electron chi connectivity index (χ2n) is 8.35. The fraction of sp³-hybridized carbons (Fsp3) is 0.0741. The van der Waals surface area contributed by atoms with Gasteiger partial charge in [0.1, 0.15) is 11.6 Å². The fourth-order valence-electron chi connectivity index (χ4n) is 4.63. The van der Waals surface area contributed by atoms with E-state index in [4.69, 9.17) is 4.98 Å². The van der Waals surface area contributed by atoms with Crippen molar-refractivity contribution in [1.29, 1.82) is 0 Å². The van der Waals surface area contributed by atoms with E-state index in [-0.39, 0.29) is 17.9 Å². The largest absolute Gasteiger partial charge is 0.341 e. The van der Waals surface area contributed by atoms with Crippen LogP contribution in [0, 0.1) is 0 Å². The molecule has 1 unspecified atom stereocenters. The van der Waals surface area contributed by atoms with Gasteiger partial charge in [-0.3, -0.25) is 14.6 Å². The van der Waals surface area contributed by atoms with E-state index < -0.39 is 0 Å². The highest BCUT2D eigenvalue weighted by molar-refractivity contribution is 5.98. The van der Waals surface area contributed by atoms with E-state index in [1.807, 2.05) is 42.5 Å². The van der Waals surface area contributed by atoms with Crippen LogP contribution >= 0.6 is 0 Å². The number of pyridine rings is 2. The Hall–Kier alpha value is -4.85. The number of amides is 2. The van der Waals surface area contributed by atoms with E-state index in [0.717, 1.165) is 44.7 Å². The first kappa shape index (κ1) is 20.7. The zero-order valence-electron chi connectivity index (χ0n) is 18.7. The lowest BCUT2D eigenvalue weighted by molar-refractivity contribution is -0.114. The lowest BCUT2D eigenvalue weighted by Gasteiger charge is -2.16. The molecular weight excluding hydrogens is 440 g/mol. The van der Waals surface area contributed by atoms with Crippen LogP contribution in [0.25, 0.3) is 33.5 Å². The summed E-state index contributed by atoms with van der Waals surface area (Å²) in [6.45, 7) is 1.40. The number of nitrogens with zero attached hydrogens (tertiary/aromatic N) is 3. The number of hydrogen-bond acceptors (Lipinski definition) is 5. The van der Waals surface area contributed by atoms with Crippen molar-refractivity contribution in [3.63, 3.8) is 0 Å². The van der Waals surface area contributed by atoms with Crippen LogP contribution in [0.1, 0.15) is 34.5 Å². The lowest BCUT2D eigenvalue weighted by Crippen LogP contribution is -2.28. The molecule has 0 bridgehead atoms. The van der Waals surface area contributed by atoms with Crippen molar-refractivity contribution in [2.75, 3.05) is 5.32 Å². The van der Waals surface area contributed by atoms with Crippen LogP contribution in [0.5, 0.6) is 0 Å². The number of carbonyl (C=O) groups is 2. The third-order valence-electron chi connectivity index (χ3n) is 6.09. The predicted octanol–water partition coefficient (Wildman–Crippen LogP) is 4.48. The summed E-state index contributed by atoms with van der Waals surface area (Å²) >= 11 is 0. The molecule has 0 aliphatic heterocycles. The van der Waals surface area contributed by atoms with E-state index in [1.165, 1.54) is 13.1 Å². The van der Waals surface area contributed by atoms with Crippen molar-refractivity contribution < 1.29 is 9.59 Å². The Balaban J connectivity index is 1.42. The highest BCUT2D eigenvalue weighted by Crippen LogP contribution is 2.47. The van der Waals surface area contributed by atoms with Crippen LogP contribution in [0.15, 0.2) is 79.3 Å². The first-order valence-electron chi connectivity index (χ1n) is 11.2. The van der Waals surface area contributed by atoms with Crippen molar-refractivity contribution in [3.05, 3.63) is 95.9 Å². The molecule has 170 valence electrons. The van der Waals surface area contributed by atoms with Crippen LogP contribution in [-0.2, 0) is 4.79 Å². The Kier molecular flexibility index (Phi) is 4.84. The zero-order valence-corrected chi connectivity index (χ0v) is 18.7. The molecule has 0 radical (unpaired) electrons. The number of aromatic nitrogens is 4. The monoisotopic (exact) mass is 460 g/mol. The van der Waals surface area contributed by atoms with Gasteiger partial charge in [0.15, 0.2) is 0 Å². The molecule has 2 amide bonds. The number of hydrogen-bond donors (Lipinski definition) is 3. The zero-order chi connectivity index (χ0) is 23.9. The van der Waals surface area contributed by atoms with Crippen LogP contribution < -0.4 is 10.6 Å². The van der Waals surface area contributed by atoms with Gasteiger partial charge in [-0.25, -0.2) is 9.97 Å². The molecule has 0 saturated heterocycles. The Labute approximate surface area is 200 Å². The SMILES string of the molecule is CC(=O)Nc1cc(C(=O)NC2c3ccccc3-c3c(-c4nc5ccncc5[nH]4)cccc32)ccn1. The van der Waals surface area contributed by atoms with Crippen molar-refractivity contribution in [3.8, 4) is 22.5 Å². The van der Waals surface area contributed by atoms with E-state index in [1.54, 1.807) is 24.5 Å². The van der Waals surface area contributed by atoms with Crippen LogP contribution in [-0.4, -0.2) is 31.8 Å². The normalized spacial score (nSPS) is 13.8. The number of H-pyrrole nitrogens is 1. The molecule has 6 rings (SSSR count). The van der Waals surface area contributed by atoms with Gasteiger partial charge < -0.3 is 15.6 Å². The molecule has 8 nitrogen and oxygen atoms in total. The van der Waals surface area contributed by atoms with Crippen molar-refractivity contribution in [2.24, 2.45) is 0 Å². The lowest BCUT2D eigenvalue weighted by atomic mass is 9.98. The highest BCUT2D eigenvalue weighted by Gasteiger charge is 2.32. The first-order valence-corrected chi connectivity index (χ1v) is 11.2. The third-order valence-corrected chi connectivity index (χ3v) is 6.09. The number of benzene rings is 2. The van der Waals surface area contributed by atoms with E-state index in [0.29, 0.717) is 11.4 Å². The quantitative estimate of drug-likeness (QED) is 0.366. The molecule has 2 aromatic carbocycles. The van der Waals surface area contributed by atoms with Gasteiger partial charge in [-0.05, 0) is 40.5 Å². The first-order chi connectivity index (χ1) is 17.1. The topological polar surface area (TPSA) is 113 Å². The molecule has 1 atom stereocenters. The van der Waals surface area contributed by atoms with Gasteiger partial charge in [-0.15, -0.1) is 0 Å². The molecule has 5 aromatic rings. The summed E-state index contributed by atoms with van der Waals surface area (Å²) in [5.74, 6) is 0.578. The molecular formula is C27H20N6O2.